The fourth-order valence-corrected chi connectivity index (χ4v) is 1.92. The number of sulfonamides is 1. The molecule has 0 radical (unpaired) electrons. The minimum atomic E-state index is -3.52. The molecule has 0 fully saturated rings. The molecule has 0 aromatic carbocycles. The minimum Gasteiger partial charge on any atom is -0.347 e. The van der Waals surface area contributed by atoms with Crippen LogP contribution in [0, 0.1) is 0 Å². The van der Waals surface area contributed by atoms with Crippen LogP contribution in [0.1, 0.15) is 5.82 Å². The molecule has 80 valence electrons. The van der Waals surface area contributed by atoms with E-state index in [1.54, 1.807) is 12.4 Å². The van der Waals surface area contributed by atoms with Gasteiger partial charge in [0.25, 0.3) is 10.0 Å². The maximum Gasteiger partial charge on any atom is 0.258 e. The van der Waals surface area contributed by atoms with Gasteiger partial charge in [0, 0.05) is 12.4 Å². The molecule has 0 aliphatic carbocycles. The van der Waals surface area contributed by atoms with Gasteiger partial charge in [-0.1, -0.05) is 0 Å². The molecule has 0 saturated carbocycles. The highest BCUT2D eigenvalue weighted by atomic mass is 32.2. The highest BCUT2D eigenvalue weighted by Crippen LogP contribution is 2.02. The molecule has 0 atom stereocenters. The van der Waals surface area contributed by atoms with Crippen molar-refractivity contribution in [2.75, 3.05) is 0 Å². The Labute approximate surface area is 86.0 Å². The molecule has 0 spiro atoms. The number of hydrogen-bond donors (Lipinski definition) is 3. The summed E-state index contributed by atoms with van der Waals surface area (Å²) >= 11 is 0. The van der Waals surface area contributed by atoms with E-state index < -0.39 is 10.0 Å². The number of aromatic amines is 2. The van der Waals surface area contributed by atoms with Crippen LogP contribution in [0.25, 0.3) is 0 Å². The molecule has 15 heavy (non-hydrogen) atoms. The molecular weight excluding hydrogens is 218 g/mol. The van der Waals surface area contributed by atoms with Gasteiger partial charge in [0.15, 0.2) is 5.03 Å². The number of nitrogens with one attached hydrogen (secondary N) is 3. The first kappa shape index (κ1) is 9.87. The molecule has 2 rings (SSSR count). The number of aromatic nitrogens is 4. The first-order valence-corrected chi connectivity index (χ1v) is 5.63. The topological polar surface area (TPSA) is 104 Å². The molecule has 2 heterocycles. The van der Waals surface area contributed by atoms with Crippen molar-refractivity contribution in [1.29, 1.82) is 0 Å². The van der Waals surface area contributed by atoms with E-state index in [-0.39, 0.29) is 11.6 Å². The molecule has 0 aliphatic heterocycles. The lowest BCUT2D eigenvalue weighted by Gasteiger charge is -2.01. The van der Waals surface area contributed by atoms with Gasteiger partial charge in [-0.05, 0) is 0 Å². The Bertz CT molecular complexity index is 502. The van der Waals surface area contributed by atoms with E-state index >= 15 is 0 Å². The number of hydrogen-bond acceptors (Lipinski definition) is 4. The van der Waals surface area contributed by atoms with E-state index in [0.29, 0.717) is 5.82 Å². The molecule has 0 aliphatic rings. The van der Waals surface area contributed by atoms with Crippen LogP contribution in [0.3, 0.4) is 0 Å². The van der Waals surface area contributed by atoms with Crippen molar-refractivity contribution in [2.45, 2.75) is 11.6 Å². The lowest BCUT2D eigenvalue weighted by molar-refractivity contribution is 0.576. The van der Waals surface area contributed by atoms with Gasteiger partial charge in [-0.25, -0.2) is 23.1 Å². The van der Waals surface area contributed by atoms with Crippen molar-refractivity contribution in [1.82, 2.24) is 24.7 Å². The fraction of sp³-hybridized carbons (Fsp3) is 0.143. The third-order valence-electron chi connectivity index (χ3n) is 1.75. The van der Waals surface area contributed by atoms with E-state index in [4.69, 9.17) is 0 Å². The minimum absolute atomic E-state index is 0.0362. The van der Waals surface area contributed by atoms with E-state index in [2.05, 4.69) is 24.7 Å². The summed E-state index contributed by atoms with van der Waals surface area (Å²) < 4.78 is 25.5. The molecule has 2 aromatic rings. The van der Waals surface area contributed by atoms with Gasteiger partial charge in [0.05, 0.1) is 19.1 Å². The zero-order valence-electron chi connectivity index (χ0n) is 7.64. The van der Waals surface area contributed by atoms with Crippen molar-refractivity contribution < 1.29 is 8.42 Å². The van der Waals surface area contributed by atoms with Crippen molar-refractivity contribution in [3.8, 4) is 0 Å². The highest BCUT2D eigenvalue weighted by Gasteiger charge is 2.14. The molecule has 0 saturated heterocycles. The average molecular weight is 227 g/mol. The first-order valence-electron chi connectivity index (χ1n) is 4.15. The third-order valence-corrected chi connectivity index (χ3v) is 3.07. The van der Waals surface area contributed by atoms with E-state index in [9.17, 15) is 8.42 Å². The van der Waals surface area contributed by atoms with Crippen LogP contribution >= 0.6 is 0 Å². The van der Waals surface area contributed by atoms with Gasteiger partial charge in [0.1, 0.15) is 5.82 Å². The molecular formula is C7H9N5O2S. The van der Waals surface area contributed by atoms with E-state index in [1.165, 1.54) is 12.5 Å². The van der Waals surface area contributed by atoms with Crippen LogP contribution in [-0.2, 0) is 16.6 Å². The number of nitrogens with zero attached hydrogens (tertiary/aromatic N) is 2. The number of H-pyrrole nitrogens is 2. The Morgan fingerprint density at radius 1 is 1.40 bits per heavy atom. The smallest absolute Gasteiger partial charge is 0.258 e. The zero-order valence-corrected chi connectivity index (χ0v) is 8.45. The van der Waals surface area contributed by atoms with Gasteiger partial charge < -0.3 is 9.97 Å². The first-order chi connectivity index (χ1) is 7.18. The second-order valence-electron chi connectivity index (χ2n) is 2.78. The number of rotatable bonds is 4. The van der Waals surface area contributed by atoms with Crippen molar-refractivity contribution in [3.63, 3.8) is 0 Å². The fourth-order valence-electron chi connectivity index (χ4n) is 1.03. The third kappa shape index (κ3) is 2.22. The second-order valence-corrected chi connectivity index (χ2v) is 4.51. The summed E-state index contributed by atoms with van der Waals surface area (Å²) in [6, 6.07) is 0. The van der Waals surface area contributed by atoms with Gasteiger partial charge in [0.2, 0.25) is 0 Å². The summed E-state index contributed by atoms with van der Waals surface area (Å²) in [7, 11) is -3.52. The molecule has 3 N–H and O–H groups in total. The molecule has 0 amide bonds. The predicted octanol–water partition coefficient (Wildman–Crippen LogP) is -0.389. The Hall–Kier alpha value is -1.67. The van der Waals surface area contributed by atoms with Crippen LogP contribution in [0.4, 0.5) is 0 Å². The highest BCUT2D eigenvalue weighted by molar-refractivity contribution is 7.89. The molecule has 0 bridgehead atoms. The maximum atomic E-state index is 11.6. The lowest BCUT2D eigenvalue weighted by atomic mass is 10.6. The molecule has 2 aromatic heterocycles. The Morgan fingerprint density at radius 3 is 2.87 bits per heavy atom. The Kier molecular flexibility index (Phi) is 2.52. The van der Waals surface area contributed by atoms with Crippen LogP contribution in [0.5, 0.6) is 0 Å². The average Bonchev–Trinajstić information content (AvgIpc) is 2.88. The summed E-state index contributed by atoms with van der Waals surface area (Å²) in [5.74, 6) is 0.554. The van der Waals surface area contributed by atoms with Crippen molar-refractivity contribution >= 4 is 10.0 Å². The van der Waals surface area contributed by atoms with Crippen molar-refractivity contribution in [2.24, 2.45) is 0 Å². The maximum absolute atomic E-state index is 11.6. The van der Waals surface area contributed by atoms with E-state index in [1.807, 2.05) is 0 Å². The molecule has 7 nitrogen and oxygen atoms in total. The van der Waals surface area contributed by atoms with Gasteiger partial charge in [-0.3, -0.25) is 0 Å². The zero-order chi connectivity index (χ0) is 10.7. The normalized spacial score (nSPS) is 11.7. The quantitative estimate of drug-likeness (QED) is 0.661. The standard InChI is InChI=1S/C7H9N5O2S/c13-15(14,7-4-8-5-11-7)12-3-6-9-1-2-10-6/h1-2,4-5,12H,3H2,(H,8,11)(H,9,10). The van der Waals surface area contributed by atoms with Gasteiger partial charge in [-0.15, -0.1) is 0 Å². The monoisotopic (exact) mass is 227 g/mol. The summed E-state index contributed by atoms with van der Waals surface area (Å²) in [6.07, 6.45) is 5.73. The predicted molar refractivity (Wildman–Crippen MR) is 51.2 cm³/mol. The number of imidazole rings is 2. The summed E-state index contributed by atoms with van der Waals surface area (Å²) in [5, 5.41) is 0.0362. The van der Waals surface area contributed by atoms with Crippen LogP contribution in [0.15, 0.2) is 29.9 Å². The van der Waals surface area contributed by atoms with E-state index in [0.717, 1.165) is 0 Å². The second kappa shape index (κ2) is 3.83. The lowest BCUT2D eigenvalue weighted by Crippen LogP contribution is -2.24. The Morgan fingerprint density at radius 2 is 2.27 bits per heavy atom. The summed E-state index contributed by atoms with van der Waals surface area (Å²) in [5.41, 5.74) is 0. The summed E-state index contributed by atoms with van der Waals surface area (Å²) in [6.45, 7) is 0.119. The van der Waals surface area contributed by atoms with Crippen molar-refractivity contribution in [3.05, 3.63) is 30.7 Å². The van der Waals surface area contributed by atoms with Crippen LogP contribution < -0.4 is 4.72 Å². The largest absolute Gasteiger partial charge is 0.347 e. The molecule has 0 unspecified atom stereocenters. The summed E-state index contributed by atoms with van der Waals surface area (Å²) in [4.78, 5) is 12.8. The SMILES string of the molecule is O=S(=O)(NCc1ncc[nH]1)c1cnc[nH]1. The van der Waals surface area contributed by atoms with Gasteiger partial charge in [-0.2, -0.15) is 0 Å². The van der Waals surface area contributed by atoms with Crippen LogP contribution in [-0.4, -0.2) is 28.4 Å². The Balaban J connectivity index is 2.06. The van der Waals surface area contributed by atoms with Gasteiger partial charge >= 0.3 is 0 Å². The molecule has 8 heteroatoms. The van der Waals surface area contributed by atoms with Crippen LogP contribution in [0.2, 0.25) is 0 Å².